The van der Waals surface area contributed by atoms with Gasteiger partial charge in [0.15, 0.2) is 0 Å². The van der Waals surface area contributed by atoms with E-state index in [1.165, 1.54) is 12.8 Å². The summed E-state index contributed by atoms with van der Waals surface area (Å²) < 4.78 is 16.8. The summed E-state index contributed by atoms with van der Waals surface area (Å²) >= 11 is 0. The molecular formula is C24H38O4. The molecule has 3 rings (SSSR count). The molecular weight excluding hydrogens is 352 g/mol. The van der Waals surface area contributed by atoms with Crippen LogP contribution in [0.25, 0.3) is 0 Å². The van der Waals surface area contributed by atoms with Gasteiger partial charge in [0, 0.05) is 26.1 Å². The average molecular weight is 391 g/mol. The van der Waals surface area contributed by atoms with E-state index in [2.05, 4.69) is 18.8 Å². The summed E-state index contributed by atoms with van der Waals surface area (Å²) in [6, 6.07) is 0. The SMILES string of the molecule is COC1CCC(C#CC2CCC(OC(=O)C3CCC(OC)CC3)C(C)C2)CC1. The average Bonchev–Trinajstić information content (AvgIpc) is 2.74. The molecule has 158 valence electrons. The van der Waals surface area contributed by atoms with Gasteiger partial charge in [-0.2, -0.15) is 0 Å². The van der Waals surface area contributed by atoms with Crippen molar-refractivity contribution < 1.29 is 19.0 Å². The molecule has 0 bridgehead atoms. The van der Waals surface area contributed by atoms with Gasteiger partial charge in [-0.1, -0.05) is 18.8 Å². The van der Waals surface area contributed by atoms with Crippen LogP contribution in [0.3, 0.4) is 0 Å². The highest BCUT2D eigenvalue weighted by Crippen LogP contribution is 2.34. The van der Waals surface area contributed by atoms with Gasteiger partial charge in [0.1, 0.15) is 6.10 Å². The zero-order valence-electron chi connectivity index (χ0n) is 18.0. The Labute approximate surface area is 171 Å². The largest absolute Gasteiger partial charge is 0.462 e. The van der Waals surface area contributed by atoms with Crippen LogP contribution in [-0.4, -0.2) is 38.5 Å². The van der Waals surface area contributed by atoms with Crippen molar-refractivity contribution >= 4 is 5.97 Å². The molecule has 0 saturated heterocycles. The van der Waals surface area contributed by atoms with Crippen molar-refractivity contribution in [1.82, 2.24) is 0 Å². The summed E-state index contributed by atoms with van der Waals surface area (Å²) in [7, 11) is 3.57. The summed E-state index contributed by atoms with van der Waals surface area (Å²) in [6.07, 6.45) is 12.2. The van der Waals surface area contributed by atoms with Gasteiger partial charge in [0.2, 0.25) is 0 Å². The van der Waals surface area contributed by atoms with Crippen molar-refractivity contribution in [3.63, 3.8) is 0 Å². The maximum Gasteiger partial charge on any atom is 0.309 e. The minimum absolute atomic E-state index is 0.0193. The molecule has 4 nitrogen and oxygen atoms in total. The lowest BCUT2D eigenvalue weighted by atomic mass is 9.79. The van der Waals surface area contributed by atoms with Crippen molar-refractivity contribution in [2.24, 2.45) is 23.7 Å². The Kier molecular flexibility index (Phi) is 8.23. The van der Waals surface area contributed by atoms with Gasteiger partial charge in [-0.15, -0.1) is 0 Å². The summed E-state index contributed by atoms with van der Waals surface area (Å²) in [5.74, 6) is 8.59. The molecule has 0 aromatic rings. The molecule has 3 atom stereocenters. The zero-order chi connectivity index (χ0) is 19.9. The smallest absolute Gasteiger partial charge is 0.309 e. The predicted molar refractivity (Wildman–Crippen MR) is 110 cm³/mol. The van der Waals surface area contributed by atoms with Crippen LogP contribution in [0, 0.1) is 35.5 Å². The fourth-order valence-electron chi connectivity index (χ4n) is 5.13. The van der Waals surface area contributed by atoms with Crippen LogP contribution in [0.15, 0.2) is 0 Å². The Morgan fingerprint density at radius 3 is 1.86 bits per heavy atom. The number of rotatable bonds is 4. The monoisotopic (exact) mass is 390 g/mol. The number of carbonyl (C=O) groups excluding carboxylic acids is 1. The third kappa shape index (κ3) is 5.97. The van der Waals surface area contributed by atoms with E-state index in [4.69, 9.17) is 14.2 Å². The van der Waals surface area contributed by atoms with Crippen LogP contribution in [0.2, 0.25) is 0 Å². The standard InChI is InChI=1S/C24H38O4/c1-17-16-19(5-4-18-6-11-21(26-2)12-7-18)8-15-23(17)28-24(25)20-9-13-22(27-3)14-10-20/h17-23H,6-16H2,1-3H3. The summed E-state index contributed by atoms with van der Waals surface area (Å²) in [5, 5.41) is 0. The minimum Gasteiger partial charge on any atom is -0.462 e. The number of carbonyl (C=O) groups is 1. The van der Waals surface area contributed by atoms with Gasteiger partial charge in [-0.05, 0) is 76.5 Å². The minimum atomic E-state index is 0.0193. The van der Waals surface area contributed by atoms with Crippen LogP contribution < -0.4 is 0 Å². The number of ether oxygens (including phenoxy) is 3. The molecule has 0 aliphatic heterocycles. The Balaban J connectivity index is 1.40. The second-order valence-electron chi connectivity index (χ2n) is 9.17. The number of hydrogen-bond donors (Lipinski definition) is 0. The lowest BCUT2D eigenvalue weighted by Gasteiger charge is -2.34. The molecule has 0 aromatic carbocycles. The van der Waals surface area contributed by atoms with Crippen molar-refractivity contribution in [2.45, 2.75) is 95.9 Å². The van der Waals surface area contributed by atoms with E-state index >= 15 is 0 Å². The highest BCUT2D eigenvalue weighted by Gasteiger charge is 2.33. The predicted octanol–water partition coefficient (Wildman–Crippen LogP) is 4.75. The zero-order valence-corrected chi connectivity index (χ0v) is 18.0. The highest BCUT2D eigenvalue weighted by atomic mass is 16.5. The van der Waals surface area contributed by atoms with Gasteiger partial charge in [0.25, 0.3) is 0 Å². The molecule has 0 N–H and O–H groups in total. The summed E-state index contributed by atoms with van der Waals surface area (Å²) in [6.45, 7) is 2.22. The molecule has 4 heteroatoms. The van der Waals surface area contributed by atoms with Crippen LogP contribution in [0.4, 0.5) is 0 Å². The molecule has 3 unspecified atom stereocenters. The van der Waals surface area contributed by atoms with Crippen LogP contribution in [-0.2, 0) is 19.0 Å². The van der Waals surface area contributed by atoms with Gasteiger partial charge < -0.3 is 14.2 Å². The third-order valence-electron chi connectivity index (χ3n) is 7.20. The Morgan fingerprint density at radius 1 is 0.750 bits per heavy atom. The van der Waals surface area contributed by atoms with E-state index in [9.17, 15) is 4.79 Å². The van der Waals surface area contributed by atoms with E-state index in [0.29, 0.717) is 30.0 Å². The van der Waals surface area contributed by atoms with Crippen molar-refractivity contribution in [3.05, 3.63) is 0 Å². The fourth-order valence-corrected chi connectivity index (χ4v) is 5.13. The molecule has 0 spiro atoms. The van der Waals surface area contributed by atoms with Crippen LogP contribution >= 0.6 is 0 Å². The molecule has 3 saturated carbocycles. The number of methoxy groups -OCH3 is 2. The fraction of sp³-hybridized carbons (Fsp3) is 0.875. The molecule has 0 radical (unpaired) electrons. The normalized spacial score (nSPS) is 38.9. The lowest BCUT2D eigenvalue weighted by Crippen LogP contribution is -2.35. The van der Waals surface area contributed by atoms with Gasteiger partial charge in [0.05, 0.1) is 18.1 Å². The van der Waals surface area contributed by atoms with E-state index in [1.54, 1.807) is 7.11 Å². The van der Waals surface area contributed by atoms with E-state index < -0.39 is 0 Å². The van der Waals surface area contributed by atoms with Gasteiger partial charge >= 0.3 is 5.97 Å². The molecule has 28 heavy (non-hydrogen) atoms. The van der Waals surface area contributed by atoms with Crippen molar-refractivity contribution in [1.29, 1.82) is 0 Å². The van der Waals surface area contributed by atoms with E-state index in [-0.39, 0.29) is 18.0 Å². The van der Waals surface area contributed by atoms with E-state index in [1.807, 2.05) is 7.11 Å². The number of hydrogen-bond acceptors (Lipinski definition) is 4. The Bertz CT molecular complexity index is 547. The first-order valence-electron chi connectivity index (χ1n) is 11.4. The molecule has 0 aromatic heterocycles. The van der Waals surface area contributed by atoms with Crippen LogP contribution in [0.1, 0.15) is 77.6 Å². The van der Waals surface area contributed by atoms with Crippen molar-refractivity contribution in [3.8, 4) is 11.8 Å². The molecule has 3 aliphatic rings. The quantitative estimate of drug-likeness (QED) is 0.513. The van der Waals surface area contributed by atoms with Gasteiger partial charge in [-0.3, -0.25) is 4.79 Å². The maximum atomic E-state index is 12.6. The second kappa shape index (κ2) is 10.6. The summed E-state index contributed by atoms with van der Waals surface area (Å²) in [5.41, 5.74) is 0. The molecule has 3 aliphatic carbocycles. The van der Waals surface area contributed by atoms with Crippen molar-refractivity contribution in [2.75, 3.05) is 14.2 Å². The lowest BCUT2D eigenvalue weighted by molar-refractivity contribution is -0.160. The Morgan fingerprint density at radius 2 is 1.29 bits per heavy atom. The number of esters is 1. The Hall–Kier alpha value is -1.05. The third-order valence-corrected chi connectivity index (χ3v) is 7.20. The molecule has 3 fully saturated rings. The second-order valence-corrected chi connectivity index (χ2v) is 9.17. The first-order valence-corrected chi connectivity index (χ1v) is 11.4. The molecule has 0 amide bonds. The van der Waals surface area contributed by atoms with E-state index in [0.717, 1.165) is 57.8 Å². The highest BCUT2D eigenvalue weighted by molar-refractivity contribution is 5.72. The maximum absolute atomic E-state index is 12.6. The topological polar surface area (TPSA) is 44.8 Å². The van der Waals surface area contributed by atoms with Crippen LogP contribution in [0.5, 0.6) is 0 Å². The summed E-state index contributed by atoms with van der Waals surface area (Å²) in [4.78, 5) is 12.6. The first kappa shape index (κ1) is 21.7. The molecule has 0 heterocycles. The van der Waals surface area contributed by atoms with Gasteiger partial charge in [-0.25, -0.2) is 0 Å². The first-order chi connectivity index (χ1) is 13.6.